The fraction of sp³-hybridized carbons (Fsp3) is 0. The van der Waals surface area contributed by atoms with Gasteiger partial charge in [-0.2, -0.15) is 20.9 Å². The van der Waals surface area contributed by atoms with Crippen LogP contribution in [0.1, 0.15) is 5.56 Å². The van der Waals surface area contributed by atoms with Gasteiger partial charge in [-0.3, -0.25) is 5.43 Å². The van der Waals surface area contributed by atoms with Crippen LogP contribution in [0.2, 0.25) is 0 Å². The molecule has 0 saturated heterocycles. The second-order valence-electron chi connectivity index (χ2n) is 4.03. The molecular formula is C16H9N5. The van der Waals surface area contributed by atoms with Gasteiger partial charge in [-0.1, -0.05) is 30.3 Å². The summed E-state index contributed by atoms with van der Waals surface area (Å²) < 4.78 is 0. The van der Waals surface area contributed by atoms with Crippen LogP contribution >= 0.6 is 0 Å². The van der Waals surface area contributed by atoms with Crippen molar-refractivity contribution < 1.29 is 0 Å². The molecule has 0 unspecified atom stereocenters. The second-order valence-corrected chi connectivity index (χ2v) is 4.03. The summed E-state index contributed by atoms with van der Waals surface area (Å²) in [7, 11) is 0. The van der Waals surface area contributed by atoms with E-state index in [-0.39, 0.29) is 5.71 Å². The van der Waals surface area contributed by atoms with Gasteiger partial charge in [0, 0.05) is 5.56 Å². The Morgan fingerprint density at radius 2 is 1.71 bits per heavy atom. The SMILES string of the molecule is N#CC(C#N)=NNc1ccccc1-c1cccc(C#N)c1. The van der Waals surface area contributed by atoms with E-state index in [1.54, 1.807) is 36.4 Å². The Balaban J connectivity index is 2.43. The molecule has 0 saturated carbocycles. The van der Waals surface area contributed by atoms with E-state index in [1.165, 1.54) is 0 Å². The Labute approximate surface area is 122 Å². The first-order valence-electron chi connectivity index (χ1n) is 6.02. The zero-order chi connectivity index (χ0) is 15.1. The van der Waals surface area contributed by atoms with E-state index in [9.17, 15) is 0 Å². The zero-order valence-electron chi connectivity index (χ0n) is 10.9. The topological polar surface area (TPSA) is 95.8 Å². The molecule has 0 fully saturated rings. The number of benzene rings is 2. The van der Waals surface area contributed by atoms with Crippen molar-refractivity contribution in [3.63, 3.8) is 0 Å². The van der Waals surface area contributed by atoms with Gasteiger partial charge in [0.1, 0.15) is 12.1 Å². The smallest absolute Gasteiger partial charge is 0.237 e. The molecule has 5 heteroatoms. The van der Waals surface area contributed by atoms with Crippen LogP contribution in [0.3, 0.4) is 0 Å². The van der Waals surface area contributed by atoms with Crippen LogP contribution in [0, 0.1) is 34.0 Å². The third kappa shape index (κ3) is 3.23. The van der Waals surface area contributed by atoms with Crippen LogP contribution in [0.15, 0.2) is 53.6 Å². The average molecular weight is 271 g/mol. The maximum atomic E-state index is 8.96. The third-order valence-corrected chi connectivity index (χ3v) is 2.73. The maximum absolute atomic E-state index is 8.96. The molecular weight excluding hydrogens is 262 g/mol. The van der Waals surface area contributed by atoms with Crippen molar-refractivity contribution in [2.24, 2.45) is 5.10 Å². The van der Waals surface area contributed by atoms with E-state index >= 15 is 0 Å². The standard InChI is InChI=1S/C16H9N5/c17-9-12-4-3-5-13(8-12)15-6-1-2-7-16(15)21-20-14(10-18)11-19/h1-8,21H. The Hall–Kier alpha value is -3.62. The predicted molar refractivity (Wildman–Crippen MR) is 78.9 cm³/mol. The number of hydrogen-bond acceptors (Lipinski definition) is 5. The lowest BCUT2D eigenvalue weighted by atomic mass is 10.0. The van der Waals surface area contributed by atoms with Gasteiger partial charge in [0.2, 0.25) is 5.71 Å². The highest BCUT2D eigenvalue weighted by molar-refractivity contribution is 6.10. The molecule has 0 aliphatic carbocycles. The van der Waals surface area contributed by atoms with Crippen LogP contribution in [0.4, 0.5) is 5.69 Å². The molecule has 0 radical (unpaired) electrons. The van der Waals surface area contributed by atoms with Gasteiger partial charge in [-0.25, -0.2) is 0 Å². The number of hydrazone groups is 1. The van der Waals surface area contributed by atoms with Crippen LogP contribution in [-0.4, -0.2) is 5.71 Å². The summed E-state index contributed by atoms with van der Waals surface area (Å²) in [5, 5.41) is 30.1. The van der Waals surface area contributed by atoms with E-state index in [4.69, 9.17) is 15.8 Å². The fourth-order valence-corrected chi connectivity index (χ4v) is 1.78. The van der Waals surface area contributed by atoms with Gasteiger partial charge >= 0.3 is 0 Å². The van der Waals surface area contributed by atoms with Gasteiger partial charge in [0.25, 0.3) is 0 Å². The number of nitrogens with zero attached hydrogens (tertiary/aromatic N) is 4. The Kier molecular flexibility index (Phi) is 4.28. The third-order valence-electron chi connectivity index (χ3n) is 2.73. The van der Waals surface area contributed by atoms with Gasteiger partial charge in [-0.15, -0.1) is 0 Å². The van der Waals surface area contributed by atoms with Crippen molar-refractivity contribution in [3.05, 3.63) is 54.1 Å². The van der Waals surface area contributed by atoms with Crippen molar-refractivity contribution in [1.82, 2.24) is 0 Å². The molecule has 2 aromatic carbocycles. The summed E-state index contributed by atoms with van der Waals surface area (Å²) >= 11 is 0. The van der Waals surface area contributed by atoms with Crippen LogP contribution < -0.4 is 5.43 Å². The fourth-order valence-electron chi connectivity index (χ4n) is 1.78. The highest BCUT2D eigenvalue weighted by atomic mass is 15.3. The predicted octanol–water partition coefficient (Wildman–Crippen LogP) is 3.04. The first-order valence-corrected chi connectivity index (χ1v) is 6.02. The molecule has 0 aliphatic rings. The number of nitrogens with one attached hydrogen (secondary N) is 1. The van der Waals surface area contributed by atoms with Crippen molar-refractivity contribution in [2.75, 3.05) is 5.43 Å². The normalized spacial score (nSPS) is 8.81. The van der Waals surface area contributed by atoms with Gasteiger partial charge in [0.05, 0.1) is 17.3 Å². The highest BCUT2D eigenvalue weighted by Crippen LogP contribution is 2.28. The first kappa shape index (κ1) is 13.8. The molecule has 0 amide bonds. The minimum Gasteiger partial charge on any atom is -0.276 e. The Bertz CT molecular complexity index is 800. The summed E-state index contributed by atoms with van der Waals surface area (Å²) in [4.78, 5) is 0. The summed E-state index contributed by atoms with van der Waals surface area (Å²) in [6, 6.07) is 19.9. The van der Waals surface area contributed by atoms with E-state index in [1.807, 2.05) is 24.3 Å². The molecule has 0 spiro atoms. The molecule has 21 heavy (non-hydrogen) atoms. The van der Waals surface area contributed by atoms with Crippen molar-refractivity contribution in [3.8, 4) is 29.3 Å². The van der Waals surface area contributed by atoms with Gasteiger partial charge in [0.15, 0.2) is 0 Å². The molecule has 0 bridgehead atoms. The summed E-state index contributed by atoms with van der Waals surface area (Å²) in [6.07, 6.45) is 0. The van der Waals surface area contributed by atoms with Gasteiger partial charge in [-0.05, 0) is 23.8 Å². The Morgan fingerprint density at radius 1 is 0.952 bits per heavy atom. The molecule has 98 valence electrons. The van der Waals surface area contributed by atoms with E-state index < -0.39 is 0 Å². The molecule has 0 atom stereocenters. The lowest BCUT2D eigenvalue weighted by Gasteiger charge is -2.09. The summed E-state index contributed by atoms with van der Waals surface area (Å²) in [5.74, 6) is 0. The van der Waals surface area contributed by atoms with Crippen LogP contribution in [0.5, 0.6) is 0 Å². The van der Waals surface area contributed by atoms with E-state index in [0.717, 1.165) is 11.1 Å². The molecule has 2 rings (SSSR count). The van der Waals surface area contributed by atoms with E-state index in [0.29, 0.717) is 11.3 Å². The van der Waals surface area contributed by atoms with Crippen molar-refractivity contribution >= 4 is 11.4 Å². The molecule has 0 aliphatic heterocycles. The number of nitriles is 3. The minimum absolute atomic E-state index is 0.254. The van der Waals surface area contributed by atoms with Crippen molar-refractivity contribution in [2.45, 2.75) is 0 Å². The van der Waals surface area contributed by atoms with Crippen LogP contribution in [-0.2, 0) is 0 Å². The Morgan fingerprint density at radius 3 is 2.43 bits per heavy atom. The molecule has 0 aromatic heterocycles. The number of hydrogen-bond donors (Lipinski definition) is 1. The van der Waals surface area contributed by atoms with E-state index in [2.05, 4.69) is 16.6 Å². The van der Waals surface area contributed by atoms with Crippen LogP contribution in [0.25, 0.3) is 11.1 Å². The average Bonchev–Trinajstić information content (AvgIpc) is 2.56. The quantitative estimate of drug-likeness (QED) is 0.685. The van der Waals surface area contributed by atoms with Crippen molar-refractivity contribution in [1.29, 1.82) is 15.8 Å². The second kappa shape index (κ2) is 6.52. The monoisotopic (exact) mass is 271 g/mol. The largest absolute Gasteiger partial charge is 0.276 e. The lowest BCUT2D eigenvalue weighted by Crippen LogP contribution is -1.97. The lowest BCUT2D eigenvalue weighted by molar-refractivity contribution is 1.34. The molecule has 0 heterocycles. The van der Waals surface area contributed by atoms with Gasteiger partial charge < -0.3 is 0 Å². The zero-order valence-corrected chi connectivity index (χ0v) is 10.9. The first-order chi connectivity index (χ1) is 10.3. The number of anilines is 1. The number of rotatable bonds is 3. The molecule has 5 nitrogen and oxygen atoms in total. The molecule has 2 aromatic rings. The summed E-state index contributed by atoms with van der Waals surface area (Å²) in [6.45, 7) is 0. The maximum Gasteiger partial charge on any atom is 0.237 e. The number of para-hydroxylation sites is 1. The summed E-state index contributed by atoms with van der Waals surface area (Å²) in [5.41, 5.74) is 5.34. The minimum atomic E-state index is -0.254. The highest BCUT2D eigenvalue weighted by Gasteiger charge is 2.05. The molecule has 1 N–H and O–H groups in total.